The standard InChI is InChI=1S/C22H25ClN4O3S2/c1-15-10-17(23)6-7-19(15)25-32(29,30)18-11-20(22-24-16(2)14-31-22)27(12-18)13-21(28)26-8-4-3-5-9-26/h6-7,10-12,14,25H,3-5,8-9,13H2,1-2H3. The lowest BCUT2D eigenvalue weighted by Crippen LogP contribution is -2.37. The van der Waals surface area contributed by atoms with E-state index in [0.29, 0.717) is 21.4 Å². The fourth-order valence-electron chi connectivity index (χ4n) is 3.75. The van der Waals surface area contributed by atoms with Crippen LogP contribution in [0.2, 0.25) is 5.02 Å². The van der Waals surface area contributed by atoms with Crippen LogP contribution in [-0.2, 0) is 21.4 Å². The van der Waals surface area contributed by atoms with Gasteiger partial charge in [0.25, 0.3) is 10.0 Å². The monoisotopic (exact) mass is 492 g/mol. The molecule has 3 aromatic rings. The average Bonchev–Trinajstić information content (AvgIpc) is 3.37. The molecule has 1 saturated heterocycles. The van der Waals surface area contributed by atoms with E-state index in [4.69, 9.17) is 11.6 Å². The lowest BCUT2D eigenvalue weighted by atomic mass is 10.1. The molecule has 10 heteroatoms. The number of carbonyl (C=O) groups is 1. The van der Waals surface area contributed by atoms with Gasteiger partial charge >= 0.3 is 0 Å². The minimum atomic E-state index is -3.87. The summed E-state index contributed by atoms with van der Waals surface area (Å²) in [6.07, 6.45) is 4.65. The van der Waals surface area contributed by atoms with Crippen molar-refractivity contribution in [2.75, 3.05) is 17.8 Å². The van der Waals surface area contributed by atoms with Crippen LogP contribution in [0.5, 0.6) is 0 Å². The van der Waals surface area contributed by atoms with E-state index in [1.807, 2.05) is 17.2 Å². The molecule has 170 valence electrons. The smallest absolute Gasteiger partial charge is 0.263 e. The van der Waals surface area contributed by atoms with Crippen molar-refractivity contribution in [3.63, 3.8) is 0 Å². The van der Waals surface area contributed by atoms with Crippen molar-refractivity contribution in [3.05, 3.63) is 52.1 Å². The molecule has 4 rings (SSSR count). The summed E-state index contributed by atoms with van der Waals surface area (Å²) < 4.78 is 30.6. The van der Waals surface area contributed by atoms with E-state index < -0.39 is 10.0 Å². The number of thiazole rings is 1. The predicted molar refractivity (Wildman–Crippen MR) is 128 cm³/mol. The van der Waals surface area contributed by atoms with Crippen LogP contribution >= 0.6 is 22.9 Å². The number of benzene rings is 1. The average molecular weight is 493 g/mol. The van der Waals surface area contributed by atoms with E-state index in [2.05, 4.69) is 9.71 Å². The van der Waals surface area contributed by atoms with Crippen molar-refractivity contribution in [2.24, 2.45) is 0 Å². The van der Waals surface area contributed by atoms with Crippen LogP contribution in [0.4, 0.5) is 5.69 Å². The third-order valence-electron chi connectivity index (χ3n) is 5.47. The predicted octanol–water partition coefficient (Wildman–Crippen LogP) is 4.70. The van der Waals surface area contributed by atoms with Crippen LogP contribution in [-0.4, -0.2) is 41.9 Å². The van der Waals surface area contributed by atoms with Crippen LogP contribution in [0.15, 0.2) is 40.7 Å². The molecule has 0 saturated carbocycles. The number of carbonyl (C=O) groups excluding carboxylic acids is 1. The Bertz CT molecular complexity index is 1240. The maximum absolute atomic E-state index is 13.2. The van der Waals surface area contributed by atoms with Crippen LogP contribution in [0.3, 0.4) is 0 Å². The van der Waals surface area contributed by atoms with Crippen LogP contribution in [0.1, 0.15) is 30.5 Å². The topological polar surface area (TPSA) is 84.3 Å². The van der Waals surface area contributed by atoms with Crippen molar-refractivity contribution < 1.29 is 13.2 Å². The molecule has 3 heterocycles. The van der Waals surface area contributed by atoms with Crippen LogP contribution < -0.4 is 4.72 Å². The number of aromatic nitrogens is 2. The first-order valence-corrected chi connectivity index (χ1v) is 13.2. The van der Waals surface area contributed by atoms with Gasteiger partial charge in [-0.25, -0.2) is 13.4 Å². The molecule has 0 atom stereocenters. The van der Waals surface area contributed by atoms with E-state index in [-0.39, 0.29) is 17.3 Å². The Morgan fingerprint density at radius 2 is 1.94 bits per heavy atom. The molecule has 7 nitrogen and oxygen atoms in total. The van der Waals surface area contributed by atoms with Crippen molar-refractivity contribution in [2.45, 2.75) is 44.6 Å². The second kappa shape index (κ2) is 9.25. The zero-order chi connectivity index (χ0) is 22.9. The highest BCUT2D eigenvalue weighted by Crippen LogP contribution is 2.30. The van der Waals surface area contributed by atoms with Crippen LogP contribution in [0, 0.1) is 13.8 Å². The van der Waals surface area contributed by atoms with Gasteiger partial charge < -0.3 is 9.47 Å². The Kier molecular flexibility index (Phi) is 6.60. The van der Waals surface area contributed by atoms with E-state index in [1.54, 1.807) is 35.8 Å². The molecule has 32 heavy (non-hydrogen) atoms. The number of piperidine rings is 1. The summed E-state index contributed by atoms with van der Waals surface area (Å²) in [4.78, 5) is 19.3. The Hall–Kier alpha value is -2.36. The first kappa shape index (κ1) is 22.8. The zero-order valence-corrected chi connectivity index (χ0v) is 20.4. The lowest BCUT2D eigenvalue weighted by Gasteiger charge is -2.27. The van der Waals surface area contributed by atoms with Gasteiger partial charge in [0.2, 0.25) is 5.91 Å². The van der Waals surface area contributed by atoms with Gasteiger partial charge in [-0.3, -0.25) is 9.52 Å². The van der Waals surface area contributed by atoms with Crippen LogP contribution in [0.25, 0.3) is 10.7 Å². The highest BCUT2D eigenvalue weighted by atomic mass is 35.5. The molecule has 1 aliphatic heterocycles. The lowest BCUT2D eigenvalue weighted by molar-refractivity contribution is -0.132. The Morgan fingerprint density at radius 3 is 2.59 bits per heavy atom. The third kappa shape index (κ3) is 5.00. The van der Waals surface area contributed by atoms with E-state index in [1.165, 1.54) is 17.5 Å². The van der Waals surface area contributed by atoms with Gasteiger partial charge in [0, 0.05) is 35.4 Å². The van der Waals surface area contributed by atoms with Crippen molar-refractivity contribution in [1.82, 2.24) is 14.5 Å². The normalized spacial score (nSPS) is 14.5. The molecule has 0 bridgehead atoms. The van der Waals surface area contributed by atoms with Gasteiger partial charge in [0.1, 0.15) is 16.4 Å². The van der Waals surface area contributed by atoms with Gasteiger partial charge in [-0.05, 0) is 62.9 Å². The molecule has 1 amide bonds. The number of rotatable bonds is 6. The van der Waals surface area contributed by atoms with Crippen molar-refractivity contribution in [3.8, 4) is 10.7 Å². The van der Waals surface area contributed by atoms with Gasteiger partial charge in [-0.15, -0.1) is 11.3 Å². The van der Waals surface area contributed by atoms with Crippen molar-refractivity contribution >= 4 is 44.6 Å². The summed E-state index contributed by atoms with van der Waals surface area (Å²) in [5.74, 6) is -0.0136. The van der Waals surface area contributed by atoms with Gasteiger partial charge in [0.15, 0.2) is 0 Å². The quantitative estimate of drug-likeness (QED) is 0.540. The number of likely N-dealkylation sites (tertiary alicyclic amines) is 1. The third-order valence-corrected chi connectivity index (χ3v) is 8.02. The maximum Gasteiger partial charge on any atom is 0.263 e. The number of hydrogen-bond donors (Lipinski definition) is 1. The molecule has 0 radical (unpaired) electrons. The second-order valence-electron chi connectivity index (χ2n) is 7.99. The van der Waals surface area contributed by atoms with E-state index >= 15 is 0 Å². The molecule has 1 aliphatic rings. The molecule has 2 aromatic heterocycles. The first-order valence-electron chi connectivity index (χ1n) is 10.4. The van der Waals surface area contributed by atoms with Gasteiger partial charge in [-0.2, -0.15) is 0 Å². The highest BCUT2D eigenvalue weighted by Gasteiger charge is 2.24. The Balaban J connectivity index is 1.67. The summed E-state index contributed by atoms with van der Waals surface area (Å²) in [6, 6.07) is 6.55. The van der Waals surface area contributed by atoms with E-state index in [0.717, 1.165) is 43.6 Å². The van der Waals surface area contributed by atoms with Crippen molar-refractivity contribution in [1.29, 1.82) is 0 Å². The summed E-state index contributed by atoms with van der Waals surface area (Å²) in [6.45, 7) is 5.23. The SMILES string of the molecule is Cc1csc(-c2cc(S(=O)(=O)Nc3ccc(Cl)cc3C)cn2CC(=O)N2CCCCC2)n1. The Morgan fingerprint density at radius 1 is 1.19 bits per heavy atom. The molecule has 0 unspecified atom stereocenters. The number of aryl methyl sites for hydroxylation is 2. The molecular weight excluding hydrogens is 468 g/mol. The van der Waals surface area contributed by atoms with Gasteiger partial charge in [-0.1, -0.05) is 11.6 Å². The molecule has 0 spiro atoms. The van der Waals surface area contributed by atoms with E-state index in [9.17, 15) is 13.2 Å². The Labute approximate surface area is 197 Å². The number of amides is 1. The summed E-state index contributed by atoms with van der Waals surface area (Å²) in [7, 11) is -3.87. The fourth-order valence-corrected chi connectivity index (χ4v) is 5.97. The second-order valence-corrected chi connectivity index (χ2v) is 11.0. The number of nitrogens with one attached hydrogen (secondary N) is 1. The molecular formula is C22H25ClN4O3S2. The summed E-state index contributed by atoms with van der Waals surface area (Å²) in [5, 5.41) is 3.12. The number of anilines is 1. The molecule has 1 fully saturated rings. The minimum absolute atomic E-state index is 0.0136. The fraction of sp³-hybridized carbons (Fsp3) is 0.364. The summed E-state index contributed by atoms with van der Waals surface area (Å²) in [5.41, 5.74) is 2.64. The van der Waals surface area contributed by atoms with Gasteiger partial charge in [0.05, 0.1) is 11.4 Å². The molecule has 1 N–H and O–H groups in total. The maximum atomic E-state index is 13.2. The molecule has 1 aromatic carbocycles. The number of sulfonamides is 1. The minimum Gasteiger partial charge on any atom is -0.341 e. The largest absolute Gasteiger partial charge is 0.341 e. The number of hydrogen-bond acceptors (Lipinski definition) is 5. The number of halogens is 1. The first-order chi connectivity index (χ1) is 15.2. The molecule has 0 aliphatic carbocycles. The summed E-state index contributed by atoms with van der Waals surface area (Å²) >= 11 is 7.41. The number of nitrogens with zero attached hydrogens (tertiary/aromatic N) is 3. The highest BCUT2D eigenvalue weighted by molar-refractivity contribution is 7.92. The zero-order valence-electron chi connectivity index (χ0n) is 18.0.